The van der Waals surface area contributed by atoms with Gasteiger partial charge < -0.3 is 10.8 Å². The summed E-state index contributed by atoms with van der Waals surface area (Å²) in [7, 11) is 0. The minimum atomic E-state index is -2.01. The lowest BCUT2D eigenvalue weighted by molar-refractivity contribution is 0.125. The molecular formula is C7H16N2O3S. The van der Waals surface area contributed by atoms with Crippen molar-refractivity contribution in [2.45, 2.75) is 38.0 Å². The minimum absolute atomic E-state index is 0.00552. The number of nitrogens with two attached hydrogens (primary N) is 1. The number of β-amino-alcohol motifs (C(OH)–C–C–N with tert-alkyl or cyclic N) is 1. The second kappa shape index (κ2) is 4.47. The molecule has 0 aromatic rings. The summed E-state index contributed by atoms with van der Waals surface area (Å²) in [6.07, 6.45) is 0.724. The predicted molar refractivity (Wildman–Crippen MR) is 50.2 cm³/mol. The summed E-state index contributed by atoms with van der Waals surface area (Å²) in [4.78, 5) is 0. The Bertz CT molecular complexity index is 202. The highest BCUT2D eigenvalue weighted by molar-refractivity contribution is 7.76. The maximum atomic E-state index is 10.9. The lowest BCUT2D eigenvalue weighted by Gasteiger charge is -2.23. The van der Waals surface area contributed by atoms with Crippen LogP contribution in [-0.2, 0) is 11.3 Å². The average molecular weight is 208 g/mol. The van der Waals surface area contributed by atoms with Gasteiger partial charge in [0.05, 0.1) is 6.10 Å². The fourth-order valence-electron chi connectivity index (χ4n) is 1.49. The van der Waals surface area contributed by atoms with Crippen LogP contribution >= 0.6 is 0 Å². The summed E-state index contributed by atoms with van der Waals surface area (Å²) in [6, 6.07) is -0.287. The maximum Gasteiger partial charge on any atom is 0.234 e. The van der Waals surface area contributed by atoms with Gasteiger partial charge in [0.25, 0.3) is 0 Å². The first kappa shape index (κ1) is 11.1. The topological polar surface area (TPSA) is 86.8 Å². The first-order valence-electron chi connectivity index (χ1n) is 4.33. The predicted octanol–water partition coefficient (Wildman–Crippen LogP) is -0.704. The van der Waals surface area contributed by atoms with Gasteiger partial charge in [-0.15, -0.1) is 0 Å². The molecule has 6 heteroatoms. The van der Waals surface area contributed by atoms with E-state index in [1.54, 1.807) is 0 Å². The quantitative estimate of drug-likeness (QED) is 0.497. The van der Waals surface area contributed by atoms with Gasteiger partial charge in [-0.25, -0.2) is 4.21 Å². The van der Waals surface area contributed by atoms with E-state index in [0.29, 0.717) is 6.42 Å². The fraction of sp³-hybridized carbons (Fsp3) is 1.00. The van der Waals surface area contributed by atoms with Crippen LogP contribution < -0.4 is 5.73 Å². The van der Waals surface area contributed by atoms with Gasteiger partial charge in [0, 0.05) is 18.6 Å². The molecule has 1 fully saturated rings. The summed E-state index contributed by atoms with van der Waals surface area (Å²) in [6.45, 7) is 2.03. The summed E-state index contributed by atoms with van der Waals surface area (Å²) in [5.74, 6) is 0. The van der Waals surface area contributed by atoms with Crippen LogP contribution in [0.4, 0.5) is 0 Å². The van der Waals surface area contributed by atoms with Gasteiger partial charge in [-0.1, -0.05) is 0 Å². The highest BCUT2D eigenvalue weighted by Crippen LogP contribution is 2.17. The lowest BCUT2D eigenvalue weighted by atomic mass is 10.1. The Morgan fingerprint density at radius 3 is 2.69 bits per heavy atom. The molecule has 0 aromatic carbocycles. The number of hydrogen-bond acceptors (Lipinski definition) is 3. The molecule has 1 rings (SSSR count). The normalized spacial score (nSPS) is 39.8. The van der Waals surface area contributed by atoms with E-state index in [9.17, 15) is 9.32 Å². The summed E-state index contributed by atoms with van der Waals surface area (Å²) >= 11 is -2.01. The van der Waals surface area contributed by atoms with Crippen LogP contribution in [0.25, 0.3) is 0 Å². The zero-order valence-electron chi connectivity index (χ0n) is 7.59. The van der Waals surface area contributed by atoms with Crippen molar-refractivity contribution in [1.29, 1.82) is 0 Å². The van der Waals surface area contributed by atoms with Crippen LogP contribution in [-0.4, -0.2) is 42.9 Å². The Hall–Kier alpha value is -0.0100. The Morgan fingerprint density at radius 1 is 1.54 bits per heavy atom. The number of aliphatic hydroxyl groups excluding tert-OH is 1. The smallest absolute Gasteiger partial charge is 0.234 e. The van der Waals surface area contributed by atoms with Crippen molar-refractivity contribution in [3.63, 3.8) is 0 Å². The second-order valence-corrected chi connectivity index (χ2v) is 4.42. The first-order chi connectivity index (χ1) is 6.02. The van der Waals surface area contributed by atoms with E-state index in [4.69, 9.17) is 10.3 Å². The molecule has 1 heterocycles. The largest absolute Gasteiger partial charge is 0.390 e. The molecule has 4 atom stereocenters. The third kappa shape index (κ3) is 2.72. The van der Waals surface area contributed by atoms with Crippen LogP contribution in [0.15, 0.2) is 0 Å². The van der Waals surface area contributed by atoms with Crippen LogP contribution in [0.2, 0.25) is 0 Å². The molecule has 78 valence electrons. The zero-order chi connectivity index (χ0) is 10.0. The summed E-state index contributed by atoms with van der Waals surface area (Å²) < 4.78 is 21.1. The van der Waals surface area contributed by atoms with Crippen molar-refractivity contribution >= 4 is 11.3 Å². The van der Waals surface area contributed by atoms with Gasteiger partial charge in [0.2, 0.25) is 11.3 Å². The molecule has 0 spiro atoms. The van der Waals surface area contributed by atoms with Crippen molar-refractivity contribution < 1.29 is 13.9 Å². The number of rotatable bonds is 1. The zero-order valence-corrected chi connectivity index (χ0v) is 8.41. The average Bonchev–Trinajstić information content (AvgIpc) is 2.18. The van der Waals surface area contributed by atoms with Crippen molar-refractivity contribution in [2.75, 3.05) is 6.54 Å². The van der Waals surface area contributed by atoms with E-state index < -0.39 is 17.4 Å². The van der Waals surface area contributed by atoms with Crippen LogP contribution in [0.5, 0.6) is 0 Å². The monoisotopic (exact) mass is 208 g/mol. The van der Waals surface area contributed by atoms with Crippen LogP contribution in [0.3, 0.4) is 0 Å². The molecule has 0 radical (unpaired) electrons. The third-order valence-corrected chi connectivity index (χ3v) is 3.38. The third-order valence-electron chi connectivity index (χ3n) is 2.47. The van der Waals surface area contributed by atoms with E-state index in [-0.39, 0.29) is 18.6 Å². The highest BCUT2D eigenvalue weighted by Gasteiger charge is 2.29. The molecule has 0 aromatic heterocycles. The van der Waals surface area contributed by atoms with E-state index in [2.05, 4.69) is 0 Å². The van der Waals surface area contributed by atoms with Gasteiger partial charge in [-0.3, -0.25) is 4.55 Å². The molecule has 5 nitrogen and oxygen atoms in total. The molecule has 1 saturated heterocycles. The molecule has 0 bridgehead atoms. The molecule has 1 unspecified atom stereocenters. The van der Waals surface area contributed by atoms with Crippen LogP contribution in [0, 0.1) is 0 Å². The Kier molecular flexibility index (Phi) is 3.81. The van der Waals surface area contributed by atoms with Gasteiger partial charge in [-0.2, -0.15) is 4.31 Å². The molecule has 4 N–H and O–H groups in total. The Morgan fingerprint density at radius 2 is 2.15 bits per heavy atom. The number of hydrogen-bond donors (Lipinski definition) is 3. The van der Waals surface area contributed by atoms with E-state index in [0.717, 1.165) is 6.42 Å². The number of nitrogens with zero attached hydrogens (tertiary/aromatic N) is 1. The minimum Gasteiger partial charge on any atom is -0.390 e. The van der Waals surface area contributed by atoms with Gasteiger partial charge >= 0.3 is 0 Å². The maximum absolute atomic E-state index is 10.9. The lowest BCUT2D eigenvalue weighted by Crippen LogP contribution is -2.42. The Balaban J connectivity index is 2.68. The van der Waals surface area contributed by atoms with Crippen LogP contribution in [0.1, 0.15) is 19.8 Å². The summed E-state index contributed by atoms with van der Waals surface area (Å²) in [5.41, 5.74) is 5.65. The van der Waals surface area contributed by atoms with Gasteiger partial charge in [-0.05, 0) is 19.8 Å². The van der Waals surface area contributed by atoms with E-state index in [1.807, 2.05) is 6.92 Å². The molecule has 1 aliphatic rings. The summed E-state index contributed by atoms with van der Waals surface area (Å²) in [5, 5.41) is 9.48. The van der Waals surface area contributed by atoms with Crippen molar-refractivity contribution in [3.05, 3.63) is 0 Å². The molecule has 13 heavy (non-hydrogen) atoms. The molecule has 0 aliphatic carbocycles. The van der Waals surface area contributed by atoms with E-state index in [1.165, 1.54) is 4.31 Å². The molecule has 0 amide bonds. The highest BCUT2D eigenvalue weighted by atomic mass is 32.2. The number of aliphatic hydroxyl groups is 1. The van der Waals surface area contributed by atoms with Crippen molar-refractivity contribution in [1.82, 2.24) is 4.31 Å². The second-order valence-electron chi connectivity index (χ2n) is 3.49. The molecular weight excluding hydrogens is 192 g/mol. The SMILES string of the molecule is C[C@H]1CC[C@H](N)[C@@H](O)CN1S(=O)O. The van der Waals surface area contributed by atoms with E-state index >= 15 is 0 Å². The fourth-order valence-corrected chi connectivity index (χ4v) is 2.18. The standard InChI is InChI=1S/C7H16N2O3S/c1-5-2-3-6(8)7(10)4-9(5)13(11)12/h5-7,10H,2-4,8H2,1H3,(H,11,12)/t5-,6-,7-/m0/s1. The van der Waals surface area contributed by atoms with Crippen molar-refractivity contribution in [3.8, 4) is 0 Å². The van der Waals surface area contributed by atoms with Gasteiger partial charge in [0.1, 0.15) is 0 Å². The van der Waals surface area contributed by atoms with Crippen molar-refractivity contribution in [2.24, 2.45) is 5.73 Å². The Labute approximate surface area is 80.3 Å². The molecule has 1 aliphatic heterocycles. The first-order valence-corrected chi connectivity index (χ1v) is 5.40. The van der Waals surface area contributed by atoms with Gasteiger partial charge in [0.15, 0.2) is 0 Å². The molecule has 0 saturated carbocycles.